The van der Waals surface area contributed by atoms with E-state index in [4.69, 9.17) is 0 Å². The summed E-state index contributed by atoms with van der Waals surface area (Å²) < 4.78 is 0. The summed E-state index contributed by atoms with van der Waals surface area (Å²) in [4.78, 5) is 38.5. The summed E-state index contributed by atoms with van der Waals surface area (Å²) in [6.45, 7) is 3.85. The standard InChI is InChI=1S/C16H13NO3S/c1-3-10-9(2)21-16(13(10)8-18)17-14(19)11-6-4-5-7-12(11)15(17)20/h4-8H,3H2,1-2H3. The van der Waals surface area contributed by atoms with Crippen molar-refractivity contribution in [2.24, 2.45) is 0 Å². The first-order valence-electron chi connectivity index (χ1n) is 6.65. The number of fused-ring (bicyclic) bond motifs is 1. The average molecular weight is 299 g/mol. The van der Waals surface area contributed by atoms with Gasteiger partial charge >= 0.3 is 0 Å². The number of anilines is 1. The normalized spacial score (nSPS) is 13.7. The molecule has 4 nitrogen and oxygen atoms in total. The van der Waals surface area contributed by atoms with Gasteiger partial charge in [-0.25, -0.2) is 4.90 Å². The molecule has 5 heteroatoms. The van der Waals surface area contributed by atoms with E-state index in [0.29, 0.717) is 28.1 Å². The van der Waals surface area contributed by atoms with Crippen LogP contribution < -0.4 is 4.90 Å². The number of amides is 2. The highest BCUT2D eigenvalue weighted by molar-refractivity contribution is 7.17. The van der Waals surface area contributed by atoms with E-state index in [1.807, 2.05) is 13.8 Å². The molecule has 1 aromatic carbocycles. The lowest BCUT2D eigenvalue weighted by Crippen LogP contribution is -2.29. The van der Waals surface area contributed by atoms with Crippen LogP contribution in [0.15, 0.2) is 24.3 Å². The summed E-state index contributed by atoms with van der Waals surface area (Å²) in [7, 11) is 0. The van der Waals surface area contributed by atoms with Crippen LogP contribution in [0, 0.1) is 6.92 Å². The van der Waals surface area contributed by atoms with Gasteiger partial charge in [-0.3, -0.25) is 14.4 Å². The number of benzene rings is 1. The lowest BCUT2D eigenvalue weighted by molar-refractivity contribution is 0.0927. The maximum atomic E-state index is 12.5. The summed E-state index contributed by atoms with van der Waals surface area (Å²) in [6.07, 6.45) is 1.43. The summed E-state index contributed by atoms with van der Waals surface area (Å²) in [6, 6.07) is 6.73. The molecule has 106 valence electrons. The Bertz CT molecular complexity index is 741. The van der Waals surface area contributed by atoms with Gasteiger partial charge in [0.25, 0.3) is 11.8 Å². The summed E-state index contributed by atoms with van der Waals surface area (Å²) in [5.74, 6) is -0.717. The van der Waals surface area contributed by atoms with Crippen LogP contribution in [0.3, 0.4) is 0 Å². The molecule has 0 bridgehead atoms. The molecule has 0 saturated heterocycles. The van der Waals surface area contributed by atoms with Crippen molar-refractivity contribution < 1.29 is 14.4 Å². The highest BCUT2D eigenvalue weighted by Gasteiger charge is 2.38. The Balaban J connectivity index is 2.18. The highest BCUT2D eigenvalue weighted by atomic mass is 32.1. The van der Waals surface area contributed by atoms with Gasteiger partial charge in [0, 0.05) is 4.88 Å². The fourth-order valence-corrected chi connectivity index (χ4v) is 3.89. The third kappa shape index (κ3) is 1.85. The molecule has 0 spiro atoms. The van der Waals surface area contributed by atoms with E-state index in [2.05, 4.69) is 0 Å². The van der Waals surface area contributed by atoms with Crippen molar-refractivity contribution in [3.05, 3.63) is 51.4 Å². The molecule has 1 aliphatic rings. The summed E-state index contributed by atoms with van der Waals surface area (Å²) in [5, 5.41) is 0.436. The second-order valence-corrected chi connectivity index (χ2v) is 6.02. The van der Waals surface area contributed by atoms with Gasteiger partial charge in [0.2, 0.25) is 0 Å². The van der Waals surface area contributed by atoms with E-state index in [9.17, 15) is 14.4 Å². The molecule has 0 atom stereocenters. The first-order chi connectivity index (χ1) is 10.1. The van der Waals surface area contributed by atoms with E-state index in [0.717, 1.165) is 21.6 Å². The van der Waals surface area contributed by atoms with E-state index >= 15 is 0 Å². The van der Waals surface area contributed by atoms with Gasteiger partial charge in [0.1, 0.15) is 5.00 Å². The number of hydrogen-bond acceptors (Lipinski definition) is 4. The van der Waals surface area contributed by atoms with Crippen LogP contribution in [0.25, 0.3) is 0 Å². The number of carbonyl (C=O) groups excluding carboxylic acids is 3. The molecular formula is C16H13NO3S. The lowest BCUT2D eigenvalue weighted by Gasteiger charge is -2.12. The molecule has 2 heterocycles. The minimum absolute atomic E-state index is 0.359. The number of aldehydes is 1. The molecule has 0 N–H and O–H groups in total. The summed E-state index contributed by atoms with van der Waals surface area (Å²) >= 11 is 1.32. The molecule has 0 aliphatic carbocycles. The lowest BCUT2D eigenvalue weighted by atomic mass is 10.1. The number of rotatable bonds is 3. The van der Waals surface area contributed by atoms with Gasteiger partial charge in [-0.1, -0.05) is 19.1 Å². The van der Waals surface area contributed by atoms with Crippen molar-refractivity contribution in [3.8, 4) is 0 Å². The molecular weight excluding hydrogens is 286 g/mol. The highest BCUT2D eigenvalue weighted by Crippen LogP contribution is 2.39. The van der Waals surface area contributed by atoms with Gasteiger partial charge in [-0.2, -0.15) is 0 Å². The van der Waals surface area contributed by atoms with E-state index in [1.54, 1.807) is 24.3 Å². The molecule has 21 heavy (non-hydrogen) atoms. The van der Waals surface area contributed by atoms with Crippen molar-refractivity contribution >= 4 is 34.4 Å². The van der Waals surface area contributed by atoms with Gasteiger partial charge < -0.3 is 0 Å². The smallest absolute Gasteiger partial charge is 0.266 e. The molecule has 2 amide bonds. The largest absolute Gasteiger partial charge is 0.298 e. The van der Waals surface area contributed by atoms with Crippen molar-refractivity contribution in [2.45, 2.75) is 20.3 Å². The van der Waals surface area contributed by atoms with E-state index in [1.165, 1.54) is 11.3 Å². The second kappa shape index (κ2) is 4.93. The zero-order valence-electron chi connectivity index (χ0n) is 11.7. The first kappa shape index (κ1) is 13.7. The number of aryl methyl sites for hydroxylation is 1. The molecule has 0 fully saturated rings. The van der Waals surface area contributed by atoms with Crippen LogP contribution in [-0.2, 0) is 6.42 Å². The maximum absolute atomic E-state index is 12.5. The van der Waals surface area contributed by atoms with Gasteiger partial charge in [-0.15, -0.1) is 11.3 Å². The van der Waals surface area contributed by atoms with Crippen LogP contribution >= 0.6 is 11.3 Å². The van der Waals surface area contributed by atoms with E-state index in [-0.39, 0.29) is 11.8 Å². The van der Waals surface area contributed by atoms with Crippen LogP contribution in [0.1, 0.15) is 48.4 Å². The fourth-order valence-electron chi connectivity index (χ4n) is 2.68. The molecule has 1 aromatic heterocycles. The second-order valence-electron chi connectivity index (χ2n) is 4.82. The van der Waals surface area contributed by atoms with Crippen LogP contribution in [0.4, 0.5) is 5.00 Å². The quantitative estimate of drug-likeness (QED) is 0.646. The molecule has 0 saturated carbocycles. The Hall–Kier alpha value is -2.27. The minimum atomic E-state index is -0.359. The van der Waals surface area contributed by atoms with Gasteiger partial charge in [0.05, 0.1) is 16.7 Å². The Morgan fingerprint density at radius 3 is 2.19 bits per heavy atom. The molecule has 3 rings (SSSR count). The monoisotopic (exact) mass is 299 g/mol. The average Bonchev–Trinajstić information content (AvgIpc) is 2.94. The molecule has 0 radical (unpaired) electrons. The van der Waals surface area contributed by atoms with Crippen LogP contribution in [-0.4, -0.2) is 18.1 Å². The topological polar surface area (TPSA) is 54.5 Å². The van der Waals surface area contributed by atoms with Gasteiger partial charge in [0.15, 0.2) is 6.29 Å². The third-order valence-electron chi connectivity index (χ3n) is 3.70. The molecule has 0 unspecified atom stereocenters. The van der Waals surface area contributed by atoms with Crippen LogP contribution in [0.5, 0.6) is 0 Å². The summed E-state index contributed by atoms with van der Waals surface area (Å²) in [5.41, 5.74) is 2.14. The number of thiophene rings is 1. The Labute approximate surface area is 126 Å². The minimum Gasteiger partial charge on any atom is -0.298 e. The van der Waals surface area contributed by atoms with Crippen molar-refractivity contribution in [1.29, 1.82) is 0 Å². The van der Waals surface area contributed by atoms with E-state index < -0.39 is 0 Å². The van der Waals surface area contributed by atoms with Crippen molar-refractivity contribution in [3.63, 3.8) is 0 Å². The van der Waals surface area contributed by atoms with Crippen LogP contribution in [0.2, 0.25) is 0 Å². The predicted molar refractivity (Wildman–Crippen MR) is 81.4 cm³/mol. The zero-order valence-corrected chi connectivity index (χ0v) is 12.5. The first-order valence-corrected chi connectivity index (χ1v) is 7.47. The zero-order chi connectivity index (χ0) is 15.1. The molecule has 2 aromatic rings. The van der Waals surface area contributed by atoms with Crippen molar-refractivity contribution in [1.82, 2.24) is 0 Å². The number of carbonyl (C=O) groups is 3. The maximum Gasteiger partial charge on any atom is 0.266 e. The third-order valence-corrected chi connectivity index (χ3v) is 4.85. The van der Waals surface area contributed by atoms with Crippen molar-refractivity contribution in [2.75, 3.05) is 4.90 Å². The molecule has 1 aliphatic heterocycles. The number of hydrogen-bond donors (Lipinski definition) is 0. The van der Waals surface area contributed by atoms with Gasteiger partial charge in [-0.05, 0) is 31.0 Å². The Morgan fingerprint density at radius 2 is 1.71 bits per heavy atom. The Kier molecular flexibility index (Phi) is 3.22. The Morgan fingerprint density at radius 1 is 1.14 bits per heavy atom. The fraction of sp³-hybridized carbons (Fsp3) is 0.188. The number of imide groups is 1. The predicted octanol–water partition coefficient (Wildman–Crippen LogP) is 3.23. The SMILES string of the molecule is CCc1c(C)sc(N2C(=O)c3ccccc3C2=O)c1C=O. The number of nitrogens with zero attached hydrogens (tertiary/aromatic N) is 1.